The maximum atomic E-state index is 12.3. The molecule has 0 radical (unpaired) electrons. The third-order valence-corrected chi connectivity index (χ3v) is 5.23. The Labute approximate surface area is 171 Å². The summed E-state index contributed by atoms with van der Waals surface area (Å²) in [6.07, 6.45) is 0.743. The third kappa shape index (κ3) is 3.77. The van der Waals surface area contributed by atoms with E-state index in [-0.39, 0.29) is 18.6 Å². The van der Waals surface area contributed by atoms with Crippen LogP contribution in [0, 0.1) is 25.2 Å². The van der Waals surface area contributed by atoms with Crippen LogP contribution in [0.2, 0.25) is 10.0 Å². The minimum Gasteiger partial charge on any atom is -0.463 e. The topological polar surface area (TPSA) is 81.3 Å². The van der Waals surface area contributed by atoms with Crippen LogP contribution in [0.15, 0.2) is 29.8 Å². The minimum absolute atomic E-state index is 0.198. The van der Waals surface area contributed by atoms with Crippen molar-refractivity contribution in [1.82, 2.24) is 4.57 Å². The van der Waals surface area contributed by atoms with E-state index in [2.05, 4.69) is 0 Å². The van der Waals surface area contributed by atoms with E-state index in [1.807, 2.05) is 36.6 Å². The van der Waals surface area contributed by atoms with Crippen LogP contribution in [-0.2, 0) is 19.1 Å². The molecule has 0 saturated carbocycles. The van der Waals surface area contributed by atoms with Crippen molar-refractivity contribution in [2.24, 2.45) is 0 Å². The molecular weight excluding hydrogens is 403 g/mol. The molecule has 8 heteroatoms. The van der Waals surface area contributed by atoms with Gasteiger partial charge in [-0.1, -0.05) is 29.3 Å². The number of cyclic esters (lactones) is 1. The summed E-state index contributed by atoms with van der Waals surface area (Å²) in [6.45, 7) is 3.91. The Bertz CT molecular complexity index is 1030. The highest BCUT2D eigenvalue weighted by Crippen LogP contribution is 2.32. The largest absolute Gasteiger partial charge is 0.463 e. The SMILES string of the molecule is Cc1cc(C=C(C#N)C(=O)OC2CCOC2=O)c(C)n1-c1cccc(Cl)c1Cl. The van der Waals surface area contributed by atoms with Crippen LogP contribution in [0.1, 0.15) is 23.4 Å². The highest BCUT2D eigenvalue weighted by molar-refractivity contribution is 6.43. The maximum absolute atomic E-state index is 12.3. The molecule has 1 atom stereocenters. The standard InChI is InChI=1S/C20H16Cl2N2O4/c1-11-8-13(12(2)24(11)16-5-3-4-15(21)18(16)22)9-14(10-23)19(25)28-17-6-7-27-20(17)26/h3-5,8-9,17H,6-7H2,1-2H3. The number of hydrogen-bond donors (Lipinski definition) is 0. The average molecular weight is 419 g/mol. The van der Waals surface area contributed by atoms with Crippen molar-refractivity contribution in [3.05, 3.63) is 56.8 Å². The van der Waals surface area contributed by atoms with Gasteiger partial charge in [-0.15, -0.1) is 0 Å². The van der Waals surface area contributed by atoms with E-state index in [0.29, 0.717) is 21.3 Å². The monoisotopic (exact) mass is 418 g/mol. The number of nitrogens with zero attached hydrogens (tertiary/aromatic N) is 2. The van der Waals surface area contributed by atoms with E-state index in [1.54, 1.807) is 12.1 Å². The number of benzene rings is 1. The molecule has 6 nitrogen and oxygen atoms in total. The lowest BCUT2D eigenvalue weighted by Gasteiger charge is -2.12. The van der Waals surface area contributed by atoms with Crippen LogP contribution in [0.3, 0.4) is 0 Å². The first-order valence-corrected chi connectivity index (χ1v) is 9.21. The predicted molar refractivity (Wildman–Crippen MR) is 104 cm³/mol. The zero-order valence-electron chi connectivity index (χ0n) is 15.2. The lowest BCUT2D eigenvalue weighted by molar-refractivity contribution is -0.157. The minimum atomic E-state index is -0.970. The van der Waals surface area contributed by atoms with Crippen LogP contribution in [0.5, 0.6) is 0 Å². The van der Waals surface area contributed by atoms with Gasteiger partial charge >= 0.3 is 11.9 Å². The predicted octanol–water partition coefficient (Wildman–Crippen LogP) is 4.17. The Morgan fingerprint density at radius 2 is 2.14 bits per heavy atom. The fourth-order valence-electron chi connectivity index (χ4n) is 3.04. The number of esters is 2. The number of halogens is 2. The molecular formula is C20H16Cl2N2O4. The molecule has 0 amide bonds. The third-order valence-electron chi connectivity index (χ3n) is 4.42. The summed E-state index contributed by atoms with van der Waals surface area (Å²) in [6, 6.07) is 8.96. The molecule has 2 aromatic rings. The van der Waals surface area contributed by atoms with Gasteiger partial charge in [0, 0.05) is 17.8 Å². The Morgan fingerprint density at radius 1 is 1.39 bits per heavy atom. The van der Waals surface area contributed by atoms with E-state index < -0.39 is 18.0 Å². The Morgan fingerprint density at radius 3 is 2.79 bits per heavy atom. The van der Waals surface area contributed by atoms with E-state index in [4.69, 9.17) is 32.7 Å². The van der Waals surface area contributed by atoms with Gasteiger partial charge in [0.25, 0.3) is 0 Å². The number of nitriles is 1. The molecule has 3 rings (SSSR count). The van der Waals surface area contributed by atoms with Gasteiger partial charge in [-0.3, -0.25) is 0 Å². The van der Waals surface area contributed by atoms with Crippen molar-refractivity contribution in [3.8, 4) is 11.8 Å². The van der Waals surface area contributed by atoms with Gasteiger partial charge in [0.15, 0.2) is 0 Å². The second-order valence-electron chi connectivity index (χ2n) is 6.25. The highest BCUT2D eigenvalue weighted by Gasteiger charge is 2.31. The number of carbonyl (C=O) groups is 2. The zero-order chi connectivity index (χ0) is 20.4. The van der Waals surface area contributed by atoms with Crippen LogP contribution in [0.4, 0.5) is 0 Å². The molecule has 1 unspecified atom stereocenters. The molecule has 0 bridgehead atoms. The Hall–Kier alpha value is -2.75. The van der Waals surface area contributed by atoms with Gasteiger partial charge in [-0.05, 0) is 43.7 Å². The number of hydrogen-bond acceptors (Lipinski definition) is 5. The van der Waals surface area contributed by atoms with Crippen molar-refractivity contribution in [2.45, 2.75) is 26.4 Å². The molecule has 1 fully saturated rings. The van der Waals surface area contributed by atoms with Crippen molar-refractivity contribution in [2.75, 3.05) is 6.61 Å². The summed E-state index contributed by atoms with van der Waals surface area (Å²) < 4.78 is 11.7. The van der Waals surface area contributed by atoms with Gasteiger partial charge in [0.2, 0.25) is 6.10 Å². The molecule has 1 aliphatic heterocycles. The summed E-state index contributed by atoms with van der Waals surface area (Å²) in [5, 5.41) is 10.2. The molecule has 0 spiro atoms. The van der Waals surface area contributed by atoms with Crippen LogP contribution in [-0.4, -0.2) is 29.2 Å². The first-order chi connectivity index (χ1) is 13.3. The van der Waals surface area contributed by atoms with E-state index >= 15 is 0 Å². The molecule has 144 valence electrons. The van der Waals surface area contributed by atoms with Gasteiger partial charge in [-0.2, -0.15) is 5.26 Å². The van der Waals surface area contributed by atoms with Gasteiger partial charge in [0.1, 0.15) is 11.6 Å². The fourth-order valence-corrected chi connectivity index (χ4v) is 3.42. The van der Waals surface area contributed by atoms with Crippen LogP contribution < -0.4 is 0 Å². The van der Waals surface area contributed by atoms with E-state index in [1.165, 1.54) is 6.08 Å². The molecule has 1 saturated heterocycles. The second kappa shape index (κ2) is 8.09. The number of ether oxygens (including phenoxy) is 2. The normalized spacial score (nSPS) is 16.6. The number of carbonyl (C=O) groups excluding carboxylic acids is 2. The summed E-state index contributed by atoms with van der Waals surface area (Å²) in [5.41, 5.74) is 2.74. The van der Waals surface area contributed by atoms with Crippen LogP contribution >= 0.6 is 23.2 Å². The van der Waals surface area contributed by atoms with Gasteiger partial charge in [0.05, 0.1) is 22.3 Å². The fraction of sp³-hybridized carbons (Fsp3) is 0.250. The maximum Gasteiger partial charge on any atom is 0.349 e. The first kappa shape index (κ1) is 20.0. The number of aryl methyl sites for hydroxylation is 1. The van der Waals surface area contributed by atoms with Gasteiger partial charge < -0.3 is 14.0 Å². The molecule has 0 N–H and O–H groups in total. The second-order valence-corrected chi connectivity index (χ2v) is 7.04. The van der Waals surface area contributed by atoms with E-state index in [0.717, 1.165) is 11.4 Å². The van der Waals surface area contributed by atoms with Gasteiger partial charge in [-0.25, -0.2) is 9.59 Å². The molecule has 28 heavy (non-hydrogen) atoms. The van der Waals surface area contributed by atoms with E-state index in [9.17, 15) is 14.9 Å². The molecule has 2 heterocycles. The first-order valence-electron chi connectivity index (χ1n) is 8.46. The number of rotatable bonds is 4. The molecule has 0 aliphatic carbocycles. The van der Waals surface area contributed by atoms with Crippen molar-refractivity contribution < 1.29 is 19.1 Å². The molecule has 1 aliphatic rings. The smallest absolute Gasteiger partial charge is 0.349 e. The zero-order valence-corrected chi connectivity index (χ0v) is 16.7. The summed E-state index contributed by atoms with van der Waals surface area (Å²) in [4.78, 5) is 23.8. The average Bonchev–Trinajstić information content (AvgIpc) is 3.18. The lowest BCUT2D eigenvalue weighted by atomic mass is 10.1. The van der Waals surface area contributed by atoms with Crippen molar-refractivity contribution in [3.63, 3.8) is 0 Å². The summed E-state index contributed by atoms with van der Waals surface area (Å²) >= 11 is 12.5. The Kier molecular flexibility index (Phi) is 5.78. The molecule has 1 aromatic carbocycles. The molecule has 1 aromatic heterocycles. The highest BCUT2D eigenvalue weighted by atomic mass is 35.5. The van der Waals surface area contributed by atoms with Crippen molar-refractivity contribution in [1.29, 1.82) is 5.26 Å². The lowest BCUT2D eigenvalue weighted by Crippen LogP contribution is -2.23. The summed E-state index contributed by atoms with van der Waals surface area (Å²) in [7, 11) is 0. The van der Waals surface area contributed by atoms with Crippen LogP contribution in [0.25, 0.3) is 11.8 Å². The number of aromatic nitrogens is 1. The van der Waals surface area contributed by atoms with Crippen molar-refractivity contribution >= 4 is 41.2 Å². The quantitative estimate of drug-likeness (QED) is 0.422. The summed E-state index contributed by atoms with van der Waals surface area (Å²) in [5.74, 6) is -1.46. The Balaban J connectivity index is 1.95.